The maximum Gasteiger partial charge on any atom is 0.489 e. The third-order valence-electron chi connectivity index (χ3n) is 3.20. The van der Waals surface area contributed by atoms with Crippen molar-refractivity contribution in [1.29, 1.82) is 5.26 Å². The fraction of sp³-hybridized carbons (Fsp3) is 0.0667. The van der Waals surface area contributed by atoms with Gasteiger partial charge in [0.05, 0.1) is 10.2 Å². The van der Waals surface area contributed by atoms with Crippen molar-refractivity contribution < 1.29 is 14.8 Å². The molecule has 0 saturated carbocycles. The minimum absolute atomic E-state index is 0.255. The molecule has 2 N–H and O–H groups in total. The van der Waals surface area contributed by atoms with Crippen LogP contribution in [-0.2, 0) is 6.61 Å². The van der Waals surface area contributed by atoms with Gasteiger partial charge in [0.25, 0.3) is 0 Å². The summed E-state index contributed by atoms with van der Waals surface area (Å²) in [7, 11) is -1.60. The number of hydrogen-bond donors (Lipinski definition) is 2. The number of thiazole rings is 1. The Kier molecular flexibility index (Phi) is 4.50. The predicted molar refractivity (Wildman–Crippen MR) is 89.9 cm³/mol. The van der Waals surface area contributed by atoms with Crippen LogP contribution in [0.2, 0.25) is 5.02 Å². The highest BCUT2D eigenvalue weighted by atomic mass is 35.5. The van der Waals surface area contributed by atoms with Gasteiger partial charge in [0.2, 0.25) is 0 Å². The summed E-state index contributed by atoms with van der Waals surface area (Å²) in [4.78, 5) is 4.17. The van der Waals surface area contributed by atoms with Gasteiger partial charge in [0, 0.05) is 10.5 Å². The van der Waals surface area contributed by atoms with Crippen molar-refractivity contribution in [1.82, 2.24) is 4.98 Å². The number of fused-ring (bicyclic) bond motifs is 1. The number of nitrogens with zero attached hydrogens (tertiary/aromatic N) is 2. The molecule has 0 fully saturated rings. The molecule has 23 heavy (non-hydrogen) atoms. The summed E-state index contributed by atoms with van der Waals surface area (Å²) in [6.07, 6.45) is 0. The average molecular weight is 345 g/mol. The lowest BCUT2D eigenvalue weighted by molar-refractivity contribution is 0.306. The quantitative estimate of drug-likeness (QED) is 0.708. The third kappa shape index (κ3) is 3.46. The van der Waals surface area contributed by atoms with Gasteiger partial charge in [-0.15, -0.1) is 11.3 Å². The molecule has 0 atom stereocenters. The molecule has 3 aromatic rings. The molecule has 0 aliphatic heterocycles. The van der Waals surface area contributed by atoms with E-state index in [1.165, 1.54) is 11.3 Å². The summed E-state index contributed by atoms with van der Waals surface area (Å²) in [6, 6.07) is 12.4. The summed E-state index contributed by atoms with van der Waals surface area (Å²) in [5.41, 5.74) is 1.83. The van der Waals surface area contributed by atoms with Gasteiger partial charge in [-0.25, -0.2) is 4.98 Å². The number of ether oxygens (including phenoxy) is 1. The van der Waals surface area contributed by atoms with Gasteiger partial charge >= 0.3 is 7.12 Å². The van der Waals surface area contributed by atoms with Crippen LogP contribution in [0.3, 0.4) is 0 Å². The van der Waals surface area contributed by atoms with E-state index >= 15 is 0 Å². The van der Waals surface area contributed by atoms with Gasteiger partial charge in [0.1, 0.15) is 18.4 Å². The number of aromatic nitrogens is 1. The smallest absolute Gasteiger partial charge is 0.489 e. The fourth-order valence-electron chi connectivity index (χ4n) is 2.08. The molecule has 0 amide bonds. The lowest BCUT2D eigenvalue weighted by Crippen LogP contribution is -2.30. The molecule has 3 rings (SSSR count). The highest BCUT2D eigenvalue weighted by Gasteiger charge is 2.15. The molecule has 0 spiro atoms. The molecule has 0 aliphatic carbocycles. The third-order valence-corrected chi connectivity index (χ3v) is 4.45. The van der Waals surface area contributed by atoms with E-state index in [1.807, 2.05) is 12.1 Å². The normalized spacial score (nSPS) is 10.5. The van der Waals surface area contributed by atoms with E-state index in [-0.39, 0.29) is 17.1 Å². The second kappa shape index (κ2) is 6.56. The largest absolute Gasteiger partial charge is 0.489 e. The summed E-state index contributed by atoms with van der Waals surface area (Å²) in [5.74, 6) is 0.660. The van der Waals surface area contributed by atoms with Crippen LogP contribution in [0, 0.1) is 11.3 Å². The second-order valence-electron chi connectivity index (χ2n) is 4.78. The zero-order chi connectivity index (χ0) is 16.4. The first-order chi connectivity index (χ1) is 11.1. The molecule has 0 saturated heterocycles. The SMILES string of the molecule is N#Cc1nc2ccc(OCc3ccc(B(O)O)c(Cl)c3)cc2s1. The topological polar surface area (TPSA) is 86.4 Å². The first-order valence-electron chi connectivity index (χ1n) is 6.65. The number of hydrogen-bond acceptors (Lipinski definition) is 6. The molecule has 0 unspecified atom stereocenters. The van der Waals surface area contributed by atoms with Crippen molar-refractivity contribution in [2.24, 2.45) is 0 Å². The van der Waals surface area contributed by atoms with Crippen LogP contribution in [0.15, 0.2) is 36.4 Å². The van der Waals surface area contributed by atoms with E-state index in [0.29, 0.717) is 10.8 Å². The van der Waals surface area contributed by atoms with Crippen molar-refractivity contribution in [3.05, 3.63) is 52.0 Å². The van der Waals surface area contributed by atoms with Crippen LogP contribution in [0.5, 0.6) is 5.75 Å². The molecular formula is C15H10BClN2O3S. The van der Waals surface area contributed by atoms with E-state index in [4.69, 9.17) is 31.6 Å². The summed E-state index contributed by atoms with van der Waals surface area (Å²) >= 11 is 7.30. The van der Waals surface area contributed by atoms with Crippen molar-refractivity contribution >= 4 is 45.7 Å². The summed E-state index contributed by atoms with van der Waals surface area (Å²) in [5, 5.41) is 27.8. The van der Waals surface area contributed by atoms with Gasteiger partial charge in [0.15, 0.2) is 5.01 Å². The molecule has 8 heteroatoms. The molecule has 1 aromatic heterocycles. The lowest BCUT2D eigenvalue weighted by atomic mass is 9.80. The zero-order valence-corrected chi connectivity index (χ0v) is 13.3. The van der Waals surface area contributed by atoms with Crippen molar-refractivity contribution in [2.45, 2.75) is 6.61 Å². The minimum Gasteiger partial charge on any atom is -0.489 e. The Balaban J connectivity index is 1.75. The van der Waals surface area contributed by atoms with Gasteiger partial charge < -0.3 is 14.8 Å². The molecule has 0 bridgehead atoms. The molecule has 2 aromatic carbocycles. The fourth-order valence-corrected chi connectivity index (χ4v) is 3.17. The standard InChI is InChI=1S/C15H10BClN2O3S/c17-12-5-9(1-3-11(12)16(20)21)8-22-10-2-4-13-14(6-10)23-15(7-18)19-13/h1-6,20-21H,8H2. The first kappa shape index (κ1) is 15.8. The number of rotatable bonds is 4. The van der Waals surface area contributed by atoms with Gasteiger partial charge in [-0.1, -0.05) is 23.7 Å². The Hall–Kier alpha value is -2.11. The molecule has 114 valence electrons. The van der Waals surface area contributed by atoms with E-state index in [9.17, 15) is 0 Å². The predicted octanol–water partition coefficient (Wildman–Crippen LogP) is 2.08. The van der Waals surface area contributed by atoms with Crippen molar-refractivity contribution in [3.8, 4) is 11.8 Å². The van der Waals surface area contributed by atoms with Crippen molar-refractivity contribution in [3.63, 3.8) is 0 Å². The van der Waals surface area contributed by atoms with Crippen LogP contribution in [0.1, 0.15) is 10.6 Å². The van der Waals surface area contributed by atoms with E-state index in [1.54, 1.807) is 30.3 Å². The zero-order valence-electron chi connectivity index (χ0n) is 11.7. The van der Waals surface area contributed by atoms with Crippen LogP contribution < -0.4 is 10.2 Å². The van der Waals surface area contributed by atoms with E-state index in [0.717, 1.165) is 15.8 Å². The maximum atomic E-state index is 9.14. The monoisotopic (exact) mass is 344 g/mol. The molecule has 1 heterocycles. The van der Waals surface area contributed by atoms with Crippen LogP contribution in [0.25, 0.3) is 10.2 Å². The maximum absolute atomic E-state index is 9.14. The average Bonchev–Trinajstić information content (AvgIpc) is 2.95. The number of nitriles is 1. The van der Waals surface area contributed by atoms with Crippen LogP contribution in [0.4, 0.5) is 0 Å². The molecule has 0 radical (unpaired) electrons. The Morgan fingerprint density at radius 2 is 2.09 bits per heavy atom. The van der Waals surface area contributed by atoms with Gasteiger partial charge in [-0.05, 0) is 29.8 Å². The van der Waals surface area contributed by atoms with Gasteiger partial charge in [-0.2, -0.15) is 5.26 Å². The van der Waals surface area contributed by atoms with Gasteiger partial charge in [-0.3, -0.25) is 0 Å². The summed E-state index contributed by atoms with van der Waals surface area (Å²) in [6.45, 7) is 0.289. The molecule has 0 aliphatic rings. The highest BCUT2D eigenvalue weighted by Crippen LogP contribution is 2.26. The lowest BCUT2D eigenvalue weighted by Gasteiger charge is -2.08. The van der Waals surface area contributed by atoms with E-state index in [2.05, 4.69) is 4.98 Å². The Morgan fingerprint density at radius 1 is 1.26 bits per heavy atom. The number of benzene rings is 2. The first-order valence-corrected chi connectivity index (χ1v) is 7.84. The van der Waals surface area contributed by atoms with Crippen molar-refractivity contribution in [2.75, 3.05) is 0 Å². The summed E-state index contributed by atoms with van der Waals surface area (Å²) < 4.78 is 6.60. The Morgan fingerprint density at radius 3 is 2.78 bits per heavy atom. The highest BCUT2D eigenvalue weighted by molar-refractivity contribution is 7.19. The Labute approximate surface area is 141 Å². The minimum atomic E-state index is -1.60. The second-order valence-corrected chi connectivity index (χ2v) is 6.22. The molecular weight excluding hydrogens is 335 g/mol. The number of halogens is 1. The van der Waals surface area contributed by atoms with Crippen LogP contribution in [-0.4, -0.2) is 22.2 Å². The molecule has 5 nitrogen and oxygen atoms in total. The van der Waals surface area contributed by atoms with E-state index < -0.39 is 7.12 Å². The Bertz CT molecular complexity index is 907. The van der Waals surface area contributed by atoms with Crippen LogP contribution >= 0.6 is 22.9 Å².